The number of aliphatic hydroxyl groups excluding tert-OH is 1. The third-order valence-electron chi connectivity index (χ3n) is 6.69. The molecule has 2 amide bonds. The number of benzene rings is 3. The van der Waals surface area contributed by atoms with Gasteiger partial charge in [-0.3, -0.25) is 19.6 Å². The second-order valence-electron chi connectivity index (χ2n) is 9.27. The van der Waals surface area contributed by atoms with Crippen molar-refractivity contribution in [1.82, 2.24) is 15.8 Å². The minimum absolute atomic E-state index is 0.175. The van der Waals surface area contributed by atoms with Crippen molar-refractivity contribution in [3.63, 3.8) is 0 Å². The number of hydroxylamine groups is 1. The van der Waals surface area contributed by atoms with Crippen molar-refractivity contribution in [3.8, 4) is 0 Å². The highest BCUT2D eigenvalue weighted by Gasteiger charge is 2.34. The number of rotatable bonds is 12. The molecule has 4 aromatic rings. The highest BCUT2D eigenvalue weighted by atomic mass is 16.5. The summed E-state index contributed by atoms with van der Waals surface area (Å²) < 4.78 is 0. The van der Waals surface area contributed by atoms with Crippen LogP contribution in [0.3, 0.4) is 0 Å². The number of amides is 2. The maximum Gasteiger partial charge on any atom is 0.272 e. The fourth-order valence-corrected chi connectivity index (χ4v) is 4.65. The molecule has 196 valence electrons. The summed E-state index contributed by atoms with van der Waals surface area (Å²) in [4.78, 5) is 42.4. The van der Waals surface area contributed by atoms with Gasteiger partial charge in [-0.15, -0.1) is 0 Å². The third kappa shape index (κ3) is 6.53. The lowest BCUT2D eigenvalue weighted by atomic mass is 9.91. The summed E-state index contributed by atoms with van der Waals surface area (Å²) in [7, 11) is 0. The first-order valence-electron chi connectivity index (χ1n) is 12.6. The van der Waals surface area contributed by atoms with Crippen molar-refractivity contribution in [3.05, 3.63) is 108 Å². The number of nitrogens with one attached hydrogen (secondary N) is 3. The molecule has 1 aromatic heterocycles. The van der Waals surface area contributed by atoms with Crippen LogP contribution >= 0.6 is 0 Å². The first-order chi connectivity index (χ1) is 18.5. The van der Waals surface area contributed by atoms with E-state index >= 15 is 0 Å². The van der Waals surface area contributed by atoms with Gasteiger partial charge < -0.3 is 15.4 Å². The van der Waals surface area contributed by atoms with Crippen molar-refractivity contribution in [2.45, 2.75) is 37.8 Å². The van der Waals surface area contributed by atoms with E-state index in [2.05, 4.69) is 10.3 Å². The molecule has 38 heavy (non-hydrogen) atoms. The largest absolute Gasteiger partial charge is 0.382 e. The van der Waals surface area contributed by atoms with Crippen LogP contribution < -0.4 is 10.8 Å². The lowest BCUT2D eigenvalue weighted by molar-refractivity contribution is -0.146. The van der Waals surface area contributed by atoms with Crippen LogP contribution in [0.2, 0.25) is 0 Å². The summed E-state index contributed by atoms with van der Waals surface area (Å²) >= 11 is 0. The first-order valence-corrected chi connectivity index (χ1v) is 12.6. The van der Waals surface area contributed by atoms with Gasteiger partial charge in [0.15, 0.2) is 5.78 Å². The summed E-state index contributed by atoms with van der Waals surface area (Å²) in [5.41, 5.74) is 4.57. The number of hydrogen-bond acceptors (Lipinski definition) is 5. The first kappa shape index (κ1) is 26.8. The second kappa shape index (κ2) is 12.8. The maximum atomic E-state index is 13.7. The number of carbonyl (C=O) groups is 3. The van der Waals surface area contributed by atoms with Crippen LogP contribution in [0.25, 0.3) is 10.9 Å². The molecule has 0 fully saturated rings. The smallest absolute Gasteiger partial charge is 0.272 e. The zero-order valence-corrected chi connectivity index (χ0v) is 20.8. The van der Waals surface area contributed by atoms with E-state index in [9.17, 15) is 19.5 Å². The zero-order chi connectivity index (χ0) is 26.9. The Morgan fingerprint density at radius 3 is 2.13 bits per heavy atom. The Balaban J connectivity index is 1.57. The molecule has 8 nitrogen and oxygen atoms in total. The average Bonchev–Trinajstić information content (AvgIpc) is 3.39. The number of aromatic amines is 1. The van der Waals surface area contributed by atoms with E-state index in [0.29, 0.717) is 18.4 Å². The van der Waals surface area contributed by atoms with Gasteiger partial charge in [-0.1, -0.05) is 78.9 Å². The number of ketones is 1. The predicted molar refractivity (Wildman–Crippen MR) is 144 cm³/mol. The Morgan fingerprint density at radius 2 is 1.45 bits per heavy atom. The average molecular weight is 514 g/mol. The molecule has 0 bridgehead atoms. The number of carbonyl (C=O) groups excluding carboxylic acids is 3. The SMILES string of the molecule is O=C(c1c[nH]c2ccccc12)C(Cc1ccccc1)NC(=O)[C@@H](CCCc1ccccc1)[C@H](O)C(=O)NO. The Bertz CT molecular complexity index is 1370. The highest BCUT2D eigenvalue weighted by molar-refractivity contribution is 6.11. The predicted octanol–water partition coefficient (Wildman–Crippen LogP) is 3.58. The molecule has 3 atom stereocenters. The minimum atomic E-state index is -1.78. The fourth-order valence-electron chi connectivity index (χ4n) is 4.65. The molecule has 0 radical (unpaired) electrons. The van der Waals surface area contributed by atoms with E-state index in [-0.39, 0.29) is 18.6 Å². The van der Waals surface area contributed by atoms with Gasteiger partial charge in [0.2, 0.25) is 5.91 Å². The Hall–Kier alpha value is -4.27. The summed E-state index contributed by atoms with van der Waals surface area (Å²) in [6.45, 7) is 0. The van der Waals surface area contributed by atoms with E-state index in [4.69, 9.17) is 5.21 Å². The number of H-pyrrole nitrogens is 1. The lowest BCUT2D eigenvalue weighted by Gasteiger charge is -2.24. The van der Waals surface area contributed by atoms with Crippen LogP contribution in [0.5, 0.6) is 0 Å². The second-order valence-corrected chi connectivity index (χ2v) is 9.27. The number of aliphatic hydroxyl groups is 1. The van der Waals surface area contributed by atoms with Crippen LogP contribution in [0.1, 0.15) is 34.3 Å². The van der Waals surface area contributed by atoms with Crippen LogP contribution in [0.4, 0.5) is 0 Å². The molecule has 3 aromatic carbocycles. The normalized spacial score (nSPS) is 13.4. The summed E-state index contributed by atoms with van der Waals surface area (Å²) in [5, 5.41) is 23.2. The fraction of sp³-hybridized carbons (Fsp3) is 0.233. The summed E-state index contributed by atoms with van der Waals surface area (Å²) in [5.74, 6) is -3.17. The van der Waals surface area contributed by atoms with Gasteiger partial charge >= 0.3 is 0 Å². The molecular weight excluding hydrogens is 482 g/mol. The quantitative estimate of drug-likeness (QED) is 0.112. The van der Waals surface area contributed by atoms with Gasteiger partial charge in [-0.2, -0.15) is 0 Å². The number of para-hydroxylation sites is 1. The maximum absolute atomic E-state index is 13.7. The molecule has 1 heterocycles. The van der Waals surface area contributed by atoms with Gasteiger partial charge in [0.05, 0.1) is 12.0 Å². The number of fused-ring (bicyclic) bond motifs is 1. The van der Waals surface area contributed by atoms with Crippen LogP contribution in [0, 0.1) is 5.92 Å². The van der Waals surface area contributed by atoms with Crippen LogP contribution in [-0.4, -0.2) is 45.0 Å². The van der Waals surface area contributed by atoms with Crippen molar-refractivity contribution in [2.24, 2.45) is 5.92 Å². The molecule has 4 rings (SSSR count). The number of hydrogen-bond donors (Lipinski definition) is 5. The molecular formula is C30H31N3O5. The Labute approximate surface area is 220 Å². The Kier molecular flexibility index (Phi) is 9.02. The number of aryl methyl sites for hydroxylation is 1. The monoisotopic (exact) mass is 513 g/mol. The molecule has 5 N–H and O–H groups in total. The van der Waals surface area contributed by atoms with Gasteiger partial charge in [0.25, 0.3) is 5.91 Å². The Morgan fingerprint density at radius 1 is 0.816 bits per heavy atom. The molecule has 0 aliphatic rings. The van der Waals surface area contributed by atoms with Crippen molar-refractivity contribution in [2.75, 3.05) is 0 Å². The lowest BCUT2D eigenvalue weighted by Crippen LogP contribution is -2.50. The molecule has 0 aliphatic heterocycles. The molecule has 0 saturated carbocycles. The molecule has 0 aliphatic carbocycles. The van der Waals surface area contributed by atoms with E-state index in [1.807, 2.05) is 84.9 Å². The van der Waals surface area contributed by atoms with Crippen LogP contribution in [-0.2, 0) is 22.4 Å². The van der Waals surface area contributed by atoms with Gasteiger partial charge in [0, 0.05) is 29.1 Å². The molecule has 0 spiro atoms. The van der Waals surface area contributed by atoms with Crippen molar-refractivity contribution >= 4 is 28.5 Å². The minimum Gasteiger partial charge on any atom is -0.382 e. The topological polar surface area (TPSA) is 132 Å². The van der Waals surface area contributed by atoms with Gasteiger partial charge in [-0.05, 0) is 36.5 Å². The van der Waals surface area contributed by atoms with E-state index in [0.717, 1.165) is 22.0 Å². The van der Waals surface area contributed by atoms with Gasteiger partial charge in [0.1, 0.15) is 6.10 Å². The molecule has 0 saturated heterocycles. The van der Waals surface area contributed by atoms with E-state index in [1.165, 1.54) is 5.48 Å². The van der Waals surface area contributed by atoms with E-state index < -0.39 is 29.9 Å². The highest BCUT2D eigenvalue weighted by Crippen LogP contribution is 2.22. The summed E-state index contributed by atoms with van der Waals surface area (Å²) in [6.07, 6.45) is 1.40. The van der Waals surface area contributed by atoms with Crippen LogP contribution in [0.15, 0.2) is 91.1 Å². The van der Waals surface area contributed by atoms with Crippen molar-refractivity contribution in [1.29, 1.82) is 0 Å². The standard InChI is InChI=1S/C30H31N3O5/c34-27(24-19-31-25-17-8-7-15-22(24)25)26(18-21-12-5-2-6-13-21)32-29(36)23(28(35)30(37)33-38)16-9-14-20-10-3-1-4-11-20/h1-8,10-13,15,17,19,23,26,28,31,35,38H,9,14,16,18H2,(H,32,36)(H,33,37)/t23-,26?,28-/m0/s1. The summed E-state index contributed by atoms with van der Waals surface area (Å²) in [6, 6.07) is 25.4. The molecule has 8 heteroatoms. The van der Waals surface area contributed by atoms with Gasteiger partial charge in [-0.25, -0.2) is 5.48 Å². The van der Waals surface area contributed by atoms with E-state index in [1.54, 1.807) is 6.20 Å². The number of aromatic nitrogens is 1. The third-order valence-corrected chi connectivity index (χ3v) is 6.69. The van der Waals surface area contributed by atoms with Crippen molar-refractivity contribution < 1.29 is 24.7 Å². The zero-order valence-electron chi connectivity index (χ0n) is 20.8. The molecule has 1 unspecified atom stereocenters. The number of Topliss-reactive ketones (excluding diaryl/α,β-unsaturated/α-hetero) is 1.